The van der Waals surface area contributed by atoms with Crippen molar-refractivity contribution < 1.29 is 24.6 Å². The van der Waals surface area contributed by atoms with Crippen LogP contribution < -0.4 is 5.32 Å². The van der Waals surface area contributed by atoms with E-state index >= 15 is 0 Å². The molecule has 1 aliphatic heterocycles. The predicted molar refractivity (Wildman–Crippen MR) is 107 cm³/mol. The van der Waals surface area contributed by atoms with Gasteiger partial charge in [-0.15, -0.1) is 0 Å². The van der Waals surface area contributed by atoms with Gasteiger partial charge in [0.15, 0.2) is 0 Å². The summed E-state index contributed by atoms with van der Waals surface area (Å²) < 4.78 is 0. The molecule has 0 bridgehead atoms. The fraction of sp³-hybridized carbons (Fsp3) is 0.227. The molecule has 0 saturated carbocycles. The Bertz CT molecular complexity index is 951. The van der Waals surface area contributed by atoms with Gasteiger partial charge in [0.05, 0.1) is 0 Å². The van der Waals surface area contributed by atoms with Crippen molar-refractivity contribution in [1.29, 1.82) is 0 Å². The molecule has 3 N–H and O–H groups in total. The van der Waals surface area contributed by atoms with Gasteiger partial charge in [0.25, 0.3) is 11.8 Å². The van der Waals surface area contributed by atoms with E-state index in [9.17, 15) is 19.5 Å². The van der Waals surface area contributed by atoms with Crippen molar-refractivity contribution in [3.8, 4) is 11.1 Å². The minimum absolute atomic E-state index is 0.265. The fourth-order valence-corrected chi connectivity index (χ4v) is 3.26. The third-order valence-electron chi connectivity index (χ3n) is 4.78. The van der Waals surface area contributed by atoms with Crippen LogP contribution in [0.25, 0.3) is 11.1 Å². The highest BCUT2D eigenvalue weighted by Gasteiger charge is 2.35. The van der Waals surface area contributed by atoms with Crippen LogP contribution >= 0.6 is 0 Å². The molecule has 0 fully saturated rings. The highest BCUT2D eigenvalue weighted by Crippen LogP contribution is 2.25. The number of hydrogen-bond acceptors (Lipinski definition) is 4. The molecule has 0 aromatic heterocycles. The van der Waals surface area contributed by atoms with E-state index in [1.807, 2.05) is 54.6 Å². The van der Waals surface area contributed by atoms with Crippen molar-refractivity contribution in [2.45, 2.75) is 13.5 Å². The largest absolute Gasteiger partial charge is 0.511 e. The molecule has 2 aromatic carbocycles. The number of aliphatic carboxylic acids is 1. The lowest BCUT2D eigenvalue weighted by atomic mass is 9.96. The molecule has 150 valence electrons. The van der Waals surface area contributed by atoms with Gasteiger partial charge in [0.1, 0.15) is 17.9 Å². The quantitative estimate of drug-likeness (QED) is 0.652. The molecule has 2 amide bonds. The lowest BCUT2D eigenvalue weighted by Crippen LogP contribution is -2.45. The first-order valence-corrected chi connectivity index (χ1v) is 9.23. The second-order valence-electron chi connectivity index (χ2n) is 6.99. The van der Waals surface area contributed by atoms with Crippen molar-refractivity contribution >= 4 is 17.8 Å². The van der Waals surface area contributed by atoms with Crippen LogP contribution in [0.5, 0.6) is 0 Å². The fourth-order valence-electron chi connectivity index (χ4n) is 3.26. The smallest absolute Gasteiger partial charge is 0.322 e. The maximum atomic E-state index is 12.8. The molecule has 2 aromatic rings. The lowest BCUT2D eigenvalue weighted by molar-refractivity contribution is -0.139. The number of amides is 2. The monoisotopic (exact) mass is 394 g/mol. The SMILES string of the molecule is CC1CN(Cc2ccc(-c3ccccc3)cc2)C(=O)C(C(=O)NCC(=O)O)=C1O. The topological polar surface area (TPSA) is 107 Å². The number of carbonyl (C=O) groups excluding carboxylic acids is 2. The summed E-state index contributed by atoms with van der Waals surface area (Å²) in [4.78, 5) is 37.1. The Morgan fingerprint density at radius 2 is 1.69 bits per heavy atom. The van der Waals surface area contributed by atoms with Gasteiger partial charge in [-0.3, -0.25) is 14.4 Å². The lowest BCUT2D eigenvalue weighted by Gasteiger charge is -2.32. The van der Waals surface area contributed by atoms with Crippen LogP contribution in [0.1, 0.15) is 12.5 Å². The second-order valence-corrected chi connectivity index (χ2v) is 6.99. The van der Waals surface area contributed by atoms with Gasteiger partial charge in [-0.25, -0.2) is 0 Å². The average Bonchev–Trinajstić information content (AvgIpc) is 2.72. The number of nitrogens with one attached hydrogen (secondary N) is 1. The molecule has 0 spiro atoms. The molecule has 0 aliphatic carbocycles. The van der Waals surface area contributed by atoms with Crippen LogP contribution in [0.4, 0.5) is 0 Å². The molecular weight excluding hydrogens is 372 g/mol. The van der Waals surface area contributed by atoms with E-state index in [1.165, 1.54) is 4.90 Å². The third kappa shape index (κ3) is 4.63. The average molecular weight is 394 g/mol. The van der Waals surface area contributed by atoms with Crippen molar-refractivity contribution in [2.24, 2.45) is 5.92 Å². The summed E-state index contributed by atoms with van der Waals surface area (Å²) in [6, 6.07) is 17.7. The molecule has 1 aliphatic rings. The minimum atomic E-state index is -1.23. The van der Waals surface area contributed by atoms with Crippen LogP contribution in [0.2, 0.25) is 0 Å². The Balaban J connectivity index is 1.75. The molecule has 7 heteroatoms. The molecule has 29 heavy (non-hydrogen) atoms. The Morgan fingerprint density at radius 3 is 2.31 bits per heavy atom. The number of carboxylic acids is 1. The standard InChI is InChI=1S/C22H22N2O5/c1-14-12-24(22(29)19(20(14)27)21(28)23-11-18(25)26)13-15-7-9-17(10-8-15)16-5-3-2-4-6-16/h2-10,14,27H,11-13H2,1H3,(H,23,28)(H,25,26). The number of carbonyl (C=O) groups is 3. The van der Waals surface area contributed by atoms with E-state index < -0.39 is 35.8 Å². The molecule has 7 nitrogen and oxygen atoms in total. The summed E-state index contributed by atoms with van der Waals surface area (Å²) in [6.45, 7) is 1.62. The summed E-state index contributed by atoms with van der Waals surface area (Å²) >= 11 is 0. The van der Waals surface area contributed by atoms with Crippen molar-refractivity contribution in [2.75, 3.05) is 13.1 Å². The molecule has 1 heterocycles. The summed E-state index contributed by atoms with van der Waals surface area (Å²) in [6.07, 6.45) is 0. The zero-order valence-electron chi connectivity index (χ0n) is 16.0. The van der Waals surface area contributed by atoms with E-state index in [0.717, 1.165) is 16.7 Å². The van der Waals surface area contributed by atoms with E-state index in [0.29, 0.717) is 0 Å². The zero-order chi connectivity index (χ0) is 21.0. The van der Waals surface area contributed by atoms with E-state index in [-0.39, 0.29) is 18.8 Å². The van der Waals surface area contributed by atoms with Crippen molar-refractivity contribution in [1.82, 2.24) is 10.2 Å². The first-order valence-electron chi connectivity index (χ1n) is 9.23. The Hall–Kier alpha value is -3.61. The van der Waals surface area contributed by atoms with E-state index in [2.05, 4.69) is 5.32 Å². The number of rotatable bonds is 6. The number of benzene rings is 2. The number of nitrogens with zero attached hydrogens (tertiary/aromatic N) is 1. The normalized spacial score (nSPS) is 16.7. The predicted octanol–water partition coefficient (Wildman–Crippen LogP) is 2.34. The molecular formula is C22H22N2O5. The maximum absolute atomic E-state index is 12.8. The summed E-state index contributed by atoms with van der Waals surface area (Å²) in [5.41, 5.74) is 2.63. The van der Waals surface area contributed by atoms with Crippen LogP contribution in [0.3, 0.4) is 0 Å². The van der Waals surface area contributed by atoms with E-state index in [1.54, 1.807) is 6.92 Å². The van der Waals surface area contributed by atoms with Crippen LogP contribution in [0, 0.1) is 5.92 Å². The van der Waals surface area contributed by atoms with Gasteiger partial charge in [-0.2, -0.15) is 0 Å². The van der Waals surface area contributed by atoms with Crippen LogP contribution in [0.15, 0.2) is 65.9 Å². The maximum Gasteiger partial charge on any atom is 0.322 e. The molecule has 1 unspecified atom stereocenters. The first-order chi connectivity index (χ1) is 13.9. The number of carboxylic acid groups (broad SMARTS) is 1. The number of aliphatic hydroxyl groups excluding tert-OH is 1. The second kappa shape index (κ2) is 8.60. The first kappa shape index (κ1) is 20.1. The summed E-state index contributed by atoms with van der Waals surface area (Å²) in [5.74, 6) is -3.47. The van der Waals surface area contributed by atoms with Gasteiger partial charge >= 0.3 is 5.97 Å². The molecule has 3 rings (SSSR count). The Labute approximate surface area is 168 Å². The zero-order valence-corrected chi connectivity index (χ0v) is 16.0. The van der Waals surface area contributed by atoms with Crippen LogP contribution in [-0.4, -0.2) is 46.0 Å². The third-order valence-corrected chi connectivity index (χ3v) is 4.78. The van der Waals surface area contributed by atoms with Gasteiger partial charge < -0.3 is 20.4 Å². The van der Waals surface area contributed by atoms with Crippen molar-refractivity contribution in [3.05, 3.63) is 71.5 Å². The highest BCUT2D eigenvalue weighted by atomic mass is 16.4. The van der Waals surface area contributed by atoms with E-state index in [4.69, 9.17) is 5.11 Å². The highest BCUT2D eigenvalue weighted by molar-refractivity contribution is 6.19. The summed E-state index contributed by atoms with van der Waals surface area (Å²) in [5, 5.41) is 21.1. The van der Waals surface area contributed by atoms with Gasteiger partial charge in [-0.05, 0) is 16.7 Å². The Morgan fingerprint density at radius 1 is 1.07 bits per heavy atom. The molecule has 0 saturated heterocycles. The summed E-state index contributed by atoms with van der Waals surface area (Å²) in [7, 11) is 0. The van der Waals surface area contributed by atoms with Gasteiger partial charge in [-0.1, -0.05) is 61.5 Å². The molecule has 1 atom stereocenters. The van der Waals surface area contributed by atoms with Gasteiger partial charge in [0.2, 0.25) is 0 Å². The molecule has 0 radical (unpaired) electrons. The number of hydrogen-bond donors (Lipinski definition) is 3. The van der Waals surface area contributed by atoms with Crippen molar-refractivity contribution in [3.63, 3.8) is 0 Å². The van der Waals surface area contributed by atoms with Gasteiger partial charge in [0, 0.05) is 19.0 Å². The number of aliphatic hydroxyl groups is 1. The minimum Gasteiger partial charge on any atom is -0.511 e. The van der Waals surface area contributed by atoms with Crippen LogP contribution in [-0.2, 0) is 20.9 Å². The Kier molecular flexibility index (Phi) is 5.97.